The molecule has 1 saturated carbocycles. The second kappa shape index (κ2) is 8.62. The molecule has 1 aliphatic carbocycles. The first-order valence-electron chi connectivity index (χ1n) is 7.93. The largest absolute Gasteiger partial charge is 0.491 e. The number of aliphatic hydroxyl groups excluding tert-OH is 1. The summed E-state index contributed by atoms with van der Waals surface area (Å²) in [5.41, 5.74) is 0. The van der Waals surface area contributed by atoms with Gasteiger partial charge in [-0.1, -0.05) is 31.4 Å². The Morgan fingerprint density at radius 3 is 2.76 bits per heavy atom. The highest BCUT2D eigenvalue weighted by atomic mass is 35.5. The van der Waals surface area contributed by atoms with Crippen molar-refractivity contribution in [3.63, 3.8) is 0 Å². The van der Waals surface area contributed by atoms with E-state index in [1.165, 1.54) is 32.1 Å². The highest BCUT2D eigenvalue weighted by Crippen LogP contribution is 2.22. The van der Waals surface area contributed by atoms with Crippen LogP contribution in [0.5, 0.6) is 5.75 Å². The van der Waals surface area contributed by atoms with Crippen molar-refractivity contribution < 1.29 is 9.84 Å². The lowest BCUT2D eigenvalue weighted by Crippen LogP contribution is -2.37. The molecule has 1 fully saturated rings. The van der Waals surface area contributed by atoms with Crippen molar-refractivity contribution in [2.24, 2.45) is 5.92 Å². The van der Waals surface area contributed by atoms with Crippen molar-refractivity contribution in [2.75, 3.05) is 13.2 Å². The molecule has 21 heavy (non-hydrogen) atoms. The fourth-order valence-corrected chi connectivity index (χ4v) is 2.90. The zero-order valence-electron chi connectivity index (χ0n) is 12.7. The molecule has 0 aromatic heterocycles. The van der Waals surface area contributed by atoms with E-state index in [4.69, 9.17) is 16.3 Å². The van der Waals surface area contributed by atoms with Gasteiger partial charge in [-0.25, -0.2) is 0 Å². The predicted molar refractivity (Wildman–Crippen MR) is 87.0 cm³/mol. The van der Waals surface area contributed by atoms with Crippen LogP contribution in [0.15, 0.2) is 24.3 Å². The molecule has 1 aliphatic rings. The van der Waals surface area contributed by atoms with Crippen LogP contribution in [0.3, 0.4) is 0 Å². The van der Waals surface area contributed by atoms with Gasteiger partial charge in [0.2, 0.25) is 0 Å². The third-order valence-corrected chi connectivity index (χ3v) is 4.41. The average Bonchev–Trinajstić information content (AvgIpc) is 2.69. The summed E-state index contributed by atoms with van der Waals surface area (Å²) in [5.74, 6) is 1.58. The minimum Gasteiger partial charge on any atom is -0.491 e. The quantitative estimate of drug-likeness (QED) is 0.788. The van der Waals surface area contributed by atoms with E-state index < -0.39 is 6.10 Å². The summed E-state index contributed by atoms with van der Waals surface area (Å²) < 4.78 is 5.56. The summed E-state index contributed by atoms with van der Waals surface area (Å²) >= 11 is 5.82. The van der Waals surface area contributed by atoms with Gasteiger partial charge in [-0.2, -0.15) is 0 Å². The van der Waals surface area contributed by atoms with Crippen molar-refractivity contribution in [1.82, 2.24) is 5.32 Å². The Hall–Kier alpha value is -0.770. The average molecular weight is 312 g/mol. The number of hydrogen-bond acceptors (Lipinski definition) is 3. The Kier molecular flexibility index (Phi) is 6.81. The fourth-order valence-electron chi connectivity index (χ4n) is 2.78. The van der Waals surface area contributed by atoms with Crippen molar-refractivity contribution in [3.05, 3.63) is 29.3 Å². The Balaban J connectivity index is 1.65. The van der Waals surface area contributed by atoms with Crippen LogP contribution in [0.25, 0.3) is 0 Å². The molecule has 0 aliphatic heterocycles. The van der Waals surface area contributed by atoms with Gasteiger partial charge in [0, 0.05) is 17.6 Å². The molecule has 0 bridgehead atoms. The Bertz CT molecular complexity index is 410. The molecule has 2 rings (SSSR count). The Morgan fingerprint density at radius 1 is 1.24 bits per heavy atom. The standard InChI is InChI=1S/C17H26ClNO2/c1-13-3-2-4-15(8-5-13)19-11-16(20)12-21-17-9-6-14(18)7-10-17/h6-7,9-10,13,15-16,19-20H,2-5,8,11-12H2,1H3. The van der Waals surface area contributed by atoms with Gasteiger partial charge < -0.3 is 15.2 Å². The lowest BCUT2D eigenvalue weighted by Gasteiger charge is -2.19. The van der Waals surface area contributed by atoms with Crippen LogP contribution in [-0.2, 0) is 0 Å². The second-order valence-electron chi connectivity index (χ2n) is 6.14. The first-order chi connectivity index (χ1) is 10.1. The van der Waals surface area contributed by atoms with Crippen LogP contribution < -0.4 is 10.1 Å². The van der Waals surface area contributed by atoms with Crippen LogP contribution >= 0.6 is 11.6 Å². The zero-order chi connectivity index (χ0) is 15.1. The second-order valence-corrected chi connectivity index (χ2v) is 6.57. The first-order valence-corrected chi connectivity index (χ1v) is 8.31. The van der Waals surface area contributed by atoms with Gasteiger partial charge in [0.15, 0.2) is 0 Å². The SMILES string of the molecule is CC1CCCC(NCC(O)COc2ccc(Cl)cc2)CC1. The maximum atomic E-state index is 10.0. The maximum Gasteiger partial charge on any atom is 0.119 e. The summed E-state index contributed by atoms with van der Waals surface area (Å²) in [5, 5.41) is 14.2. The fraction of sp³-hybridized carbons (Fsp3) is 0.647. The maximum absolute atomic E-state index is 10.0. The minimum absolute atomic E-state index is 0.303. The molecular weight excluding hydrogens is 286 g/mol. The van der Waals surface area contributed by atoms with Gasteiger partial charge in [0.1, 0.15) is 18.5 Å². The van der Waals surface area contributed by atoms with Crippen LogP contribution in [0.2, 0.25) is 5.02 Å². The van der Waals surface area contributed by atoms with Crippen molar-refractivity contribution in [1.29, 1.82) is 0 Å². The van der Waals surface area contributed by atoms with E-state index in [2.05, 4.69) is 12.2 Å². The van der Waals surface area contributed by atoms with Crippen LogP contribution in [-0.4, -0.2) is 30.4 Å². The van der Waals surface area contributed by atoms with E-state index in [1.54, 1.807) is 12.1 Å². The summed E-state index contributed by atoms with van der Waals surface area (Å²) in [4.78, 5) is 0. The number of halogens is 1. The molecular formula is C17H26ClNO2. The van der Waals surface area contributed by atoms with E-state index in [-0.39, 0.29) is 0 Å². The Morgan fingerprint density at radius 2 is 2.00 bits per heavy atom. The lowest BCUT2D eigenvalue weighted by molar-refractivity contribution is 0.103. The third kappa shape index (κ3) is 6.25. The third-order valence-electron chi connectivity index (χ3n) is 4.16. The monoisotopic (exact) mass is 311 g/mol. The van der Waals surface area contributed by atoms with E-state index >= 15 is 0 Å². The summed E-state index contributed by atoms with van der Waals surface area (Å²) in [6, 6.07) is 7.74. The summed E-state index contributed by atoms with van der Waals surface area (Å²) in [6.45, 7) is 3.22. The topological polar surface area (TPSA) is 41.5 Å². The molecule has 0 saturated heterocycles. The van der Waals surface area contributed by atoms with Crippen LogP contribution in [0.4, 0.5) is 0 Å². The lowest BCUT2D eigenvalue weighted by atomic mass is 10.0. The number of aliphatic hydroxyl groups is 1. The van der Waals surface area contributed by atoms with Gasteiger partial charge in [0.05, 0.1) is 0 Å². The van der Waals surface area contributed by atoms with Gasteiger partial charge in [-0.3, -0.25) is 0 Å². The first kappa shape index (κ1) is 16.6. The molecule has 3 atom stereocenters. The number of ether oxygens (including phenoxy) is 1. The molecule has 2 N–H and O–H groups in total. The van der Waals surface area contributed by atoms with Gasteiger partial charge >= 0.3 is 0 Å². The molecule has 118 valence electrons. The molecule has 0 spiro atoms. The highest BCUT2D eigenvalue weighted by Gasteiger charge is 2.16. The minimum atomic E-state index is -0.485. The molecule has 3 nitrogen and oxygen atoms in total. The summed E-state index contributed by atoms with van der Waals surface area (Å²) in [6.07, 6.45) is 5.86. The molecule has 0 radical (unpaired) electrons. The molecule has 4 heteroatoms. The van der Waals surface area contributed by atoms with Crippen LogP contribution in [0, 0.1) is 5.92 Å². The van der Waals surface area contributed by atoms with E-state index in [1.807, 2.05) is 12.1 Å². The molecule has 1 aromatic carbocycles. The van der Waals surface area contributed by atoms with Crippen molar-refractivity contribution in [3.8, 4) is 5.75 Å². The van der Waals surface area contributed by atoms with Gasteiger partial charge in [-0.15, -0.1) is 0 Å². The Labute approximate surface area is 132 Å². The number of hydrogen-bond donors (Lipinski definition) is 2. The molecule has 3 unspecified atom stereocenters. The predicted octanol–water partition coefficient (Wildman–Crippen LogP) is 3.64. The van der Waals surface area contributed by atoms with E-state index in [0.29, 0.717) is 24.2 Å². The van der Waals surface area contributed by atoms with Gasteiger partial charge in [-0.05, 0) is 49.4 Å². The van der Waals surface area contributed by atoms with Crippen molar-refractivity contribution in [2.45, 2.75) is 51.2 Å². The molecule has 0 amide bonds. The van der Waals surface area contributed by atoms with Crippen molar-refractivity contribution >= 4 is 11.6 Å². The molecule has 0 heterocycles. The summed E-state index contributed by atoms with van der Waals surface area (Å²) in [7, 11) is 0. The van der Waals surface area contributed by atoms with Crippen LogP contribution in [0.1, 0.15) is 39.0 Å². The number of nitrogens with one attached hydrogen (secondary N) is 1. The highest BCUT2D eigenvalue weighted by molar-refractivity contribution is 6.30. The van der Waals surface area contributed by atoms with E-state index in [0.717, 1.165) is 11.7 Å². The smallest absolute Gasteiger partial charge is 0.119 e. The number of rotatable bonds is 6. The molecule has 1 aromatic rings. The normalized spacial score (nSPS) is 24.3. The zero-order valence-corrected chi connectivity index (χ0v) is 13.5. The van der Waals surface area contributed by atoms with E-state index in [9.17, 15) is 5.11 Å². The number of benzene rings is 1. The van der Waals surface area contributed by atoms with Gasteiger partial charge in [0.25, 0.3) is 0 Å².